The van der Waals surface area contributed by atoms with Crippen molar-refractivity contribution in [2.24, 2.45) is 0 Å². The Hall–Kier alpha value is 0.260. The number of phosphoric acid groups is 1. The van der Waals surface area contributed by atoms with Crippen molar-refractivity contribution in [3.05, 3.63) is 0 Å². The summed E-state index contributed by atoms with van der Waals surface area (Å²) in [6, 6.07) is 0. The van der Waals surface area contributed by atoms with Gasteiger partial charge < -0.3 is 19.6 Å². The zero-order valence-corrected chi connectivity index (χ0v) is 15.6. The summed E-state index contributed by atoms with van der Waals surface area (Å²) in [6.45, 7) is 0.117. The van der Waals surface area contributed by atoms with Crippen LogP contribution in [-0.2, 0) is 13.7 Å². The van der Waals surface area contributed by atoms with Crippen LogP contribution in [0.1, 0.15) is 77.0 Å². The van der Waals surface area contributed by atoms with Crippen LogP contribution >= 0.6 is 15.4 Å². The van der Waals surface area contributed by atoms with Crippen molar-refractivity contribution in [1.82, 2.24) is 0 Å². The number of rotatable bonds is 16. The van der Waals surface area contributed by atoms with Crippen LogP contribution < -0.4 is 0 Å². The molecule has 0 aromatic heterocycles. The second kappa shape index (κ2) is 13.5. The molecule has 0 fully saturated rings. The lowest BCUT2D eigenvalue weighted by Gasteiger charge is -2.05. The Morgan fingerprint density at radius 3 is 1.26 bits per heavy atom. The lowest BCUT2D eigenvalue weighted by molar-refractivity contribution is 0.193. The van der Waals surface area contributed by atoms with Gasteiger partial charge in [0, 0.05) is 6.16 Å². The molecule has 23 heavy (non-hydrogen) atoms. The Balaban J connectivity index is 3.11. The molecule has 0 aromatic carbocycles. The van der Waals surface area contributed by atoms with Crippen molar-refractivity contribution in [1.29, 1.82) is 0 Å². The third-order valence-electron chi connectivity index (χ3n) is 3.60. The van der Waals surface area contributed by atoms with E-state index in [2.05, 4.69) is 4.52 Å². The summed E-state index contributed by atoms with van der Waals surface area (Å²) < 4.78 is 25.4. The lowest BCUT2D eigenvalue weighted by Crippen LogP contribution is -1.92. The first kappa shape index (κ1) is 23.3. The molecule has 0 saturated carbocycles. The predicted octanol–water partition coefficient (Wildman–Crippen LogP) is 3.95. The van der Waals surface area contributed by atoms with Crippen LogP contribution in [0.4, 0.5) is 0 Å². The Morgan fingerprint density at radius 2 is 0.913 bits per heavy atom. The summed E-state index contributed by atoms with van der Waals surface area (Å²) in [7, 11) is -8.10. The molecule has 0 saturated heterocycles. The van der Waals surface area contributed by atoms with Gasteiger partial charge >= 0.3 is 15.4 Å². The molecule has 7 nitrogen and oxygen atoms in total. The fraction of sp³-hybridized carbons (Fsp3) is 1.00. The number of unbranched alkanes of at least 4 members (excludes halogenated alkanes) is 11. The quantitative estimate of drug-likeness (QED) is 0.238. The third kappa shape index (κ3) is 22.3. The maximum atomic E-state index is 10.6. The number of phosphoric ester groups is 1. The van der Waals surface area contributed by atoms with E-state index in [1.807, 2.05) is 0 Å². The Labute approximate surface area is 139 Å². The van der Waals surface area contributed by atoms with Gasteiger partial charge in [-0.1, -0.05) is 64.2 Å². The van der Waals surface area contributed by atoms with Crippen LogP contribution in [0.15, 0.2) is 0 Å². The van der Waals surface area contributed by atoms with Crippen molar-refractivity contribution in [2.45, 2.75) is 77.0 Å². The molecule has 0 rings (SSSR count). The van der Waals surface area contributed by atoms with Gasteiger partial charge in [0.1, 0.15) is 0 Å². The molecule has 0 atom stereocenters. The normalized spacial score (nSPS) is 12.7. The van der Waals surface area contributed by atoms with Gasteiger partial charge in [0.05, 0.1) is 6.61 Å². The SMILES string of the molecule is O=P(O)(O)CCCCCCCCCCCCCCOP(=O)(O)O. The minimum absolute atomic E-state index is 0.00615. The van der Waals surface area contributed by atoms with Crippen molar-refractivity contribution in [2.75, 3.05) is 12.8 Å². The van der Waals surface area contributed by atoms with Gasteiger partial charge in [0.25, 0.3) is 0 Å². The molecule has 9 heteroatoms. The first-order valence-corrected chi connectivity index (χ1v) is 11.8. The van der Waals surface area contributed by atoms with Gasteiger partial charge in [-0.3, -0.25) is 9.09 Å². The molecule has 0 spiro atoms. The highest BCUT2D eigenvalue weighted by atomic mass is 31.2. The molecule has 0 aliphatic heterocycles. The highest BCUT2D eigenvalue weighted by Gasteiger charge is 2.12. The van der Waals surface area contributed by atoms with E-state index in [1.165, 1.54) is 25.7 Å². The summed E-state index contributed by atoms with van der Waals surface area (Å²) in [5.41, 5.74) is 0. The average Bonchev–Trinajstić information content (AvgIpc) is 2.40. The fourth-order valence-electron chi connectivity index (χ4n) is 2.37. The van der Waals surface area contributed by atoms with Crippen LogP contribution in [0.5, 0.6) is 0 Å². The highest BCUT2D eigenvalue weighted by molar-refractivity contribution is 7.51. The van der Waals surface area contributed by atoms with Crippen LogP contribution in [0.2, 0.25) is 0 Å². The molecule has 0 aromatic rings. The minimum atomic E-state index is -4.30. The maximum Gasteiger partial charge on any atom is 0.469 e. The van der Waals surface area contributed by atoms with Crippen LogP contribution in [0.25, 0.3) is 0 Å². The molecule has 0 amide bonds. The topological polar surface area (TPSA) is 124 Å². The molecule has 0 heterocycles. The zero-order chi connectivity index (χ0) is 17.6. The predicted molar refractivity (Wildman–Crippen MR) is 90.3 cm³/mol. The third-order valence-corrected chi connectivity index (χ3v) is 5.02. The van der Waals surface area contributed by atoms with Crippen LogP contribution in [0, 0.1) is 0 Å². The van der Waals surface area contributed by atoms with Gasteiger partial charge in [-0.15, -0.1) is 0 Å². The average molecular weight is 374 g/mol. The van der Waals surface area contributed by atoms with Crippen LogP contribution in [-0.4, -0.2) is 32.3 Å². The summed E-state index contributed by atoms with van der Waals surface area (Å²) in [6.07, 6.45) is 12.2. The maximum absolute atomic E-state index is 10.6. The van der Waals surface area contributed by atoms with Gasteiger partial charge in [-0.2, -0.15) is 0 Å². The van der Waals surface area contributed by atoms with Crippen molar-refractivity contribution in [3.8, 4) is 0 Å². The van der Waals surface area contributed by atoms with E-state index >= 15 is 0 Å². The molecule has 0 bridgehead atoms. The lowest BCUT2D eigenvalue weighted by atomic mass is 10.1. The van der Waals surface area contributed by atoms with E-state index in [1.54, 1.807) is 0 Å². The standard InChI is InChI=1S/C14H32O7P2/c15-22(16,17)14-12-10-8-6-4-2-1-3-5-7-9-11-13-21-23(18,19)20/h1-14H2,(H2,15,16,17)(H2,18,19,20). The minimum Gasteiger partial charge on any atom is -0.324 e. The molecule has 0 aliphatic rings. The first-order valence-electron chi connectivity index (χ1n) is 8.45. The van der Waals surface area contributed by atoms with E-state index in [9.17, 15) is 9.13 Å². The summed E-state index contributed by atoms with van der Waals surface area (Å²) in [4.78, 5) is 34.4. The molecule has 0 unspecified atom stereocenters. The Kier molecular flexibility index (Phi) is 13.7. The highest BCUT2D eigenvalue weighted by Crippen LogP contribution is 2.36. The molecular formula is C14H32O7P2. The molecular weight excluding hydrogens is 342 g/mol. The van der Waals surface area contributed by atoms with Crippen molar-refractivity contribution in [3.63, 3.8) is 0 Å². The van der Waals surface area contributed by atoms with Gasteiger partial charge in [-0.05, 0) is 12.8 Å². The summed E-state index contributed by atoms with van der Waals surface area (Å²) >= 11 is 0. The van der Waals surface area contributed by atoms with Gasteiger partial charge in [0.15, 0.2) is 0 Å². The molecule has 140 valence electrons. The smallest absolute Gasteiger partial charge is 0.324 e. The van der Waals surface area contributed by atoms with E-state index in [0.29, 0.717) is 12.8 Å². The zero-order valence-electron chi connectivity index (χ0n) is 13.8. The Bertz CT molecular complexity index is 330. The summed E-state index contributed by atoms with van der Waals surface area (Å²) in [5.74, 6) is 0. The van der Waals surface area contributed by atoms with E-state index in [4.69, 9.17) is 19.6 Å². The van der Waals surface area contributed by atoms with Crippen LogP contribution in [0.3, 0.4) is 0 Å². The number of hydrogen-bond acceptors (Lipinski definition) is 3. The van der Waals surface area contributed by atoms with Crippen molar-refractivity contribution >= 4 is 15.4 Å². The second-order valence-electron chi connectivity index (χ2n) is 5.95. The van der Waals surface area contributed by atoms with Gasteiger partial charge in [0.2, 0.25) is 0 Å². The monoisotopic (exact) mass is 374 g/mol. The fourth-order valence-corrected chi connectivity index (χ4v) is 3.37. The first-order chi connectivity index (χ1) is 10.7. The molecule has 0 radical (unpaired) electrons. The largest absolute Gasteiger partial charge is 0.469 e. The van der Waals surface area contributed by atoms with E-state index in [0.717, 1.165) is 38.5 Å². The second-order valence-corrected chi connectivity index (χ2v) is 8.97. The number of hydrogen-bond donors (Lipinski definition) is 4. The molecule has 0 aliphatic carbocycles. The van der Waals surface area contributed by atoms with E-state index in [-0.39, 0.29) is 12.8 Å². The van der Waals surface area contributed by atoms with Gasteiger partial charge in [-0.25, -0.2) is 4.57 Å². The van der Waals surface area contributed by atoms with Crippen molar-refractivity contribution < 1.29 is 33.2 Å². The molecule has 4 N–H and O–H groups in total. The Morgan fingerprint density at radius 1 is 0.565 bits per heavy atom. The summed E-state index contributed by atoms with van der Waals surface area (Å²) in [5, 5.41) is 0. The van der Waals surface area contributed by atoms with E-state index < -0.39 is 15.4 Å².